The summed E-state index contributed by atoms with van der Waals surface area (Å²) in [7, 11) is 0. The van der Waals surface area contributed by atoms with Crippen molar-refractivity contribution < 1.29 is 4.39 Å². The van der Waals surface area contributed by atoms with E-state index in [-0.39, 0.29) is 5.82 Å². The molecule has 2 rings (SSSR count). The summed E-state index contributed by atoms with van der Waals surface area (Å²) in [5.41, 5.74) is 0.568. The van der Waals surface area contributed by atoms with Crippen LogP contribution in [0.1, 0.15) is 24.8 Å². The highest BCUT2D eigenvalue weighted by atomic mass is 35.5. The Kier molecular flexibility index (Phi) is 3.97. The van der Waals surface area contributed by atoms with Crippen LogP contribution < -0.4 is 5.32 Å². The molecule has 1 unspecified atom stereocenters. The molecule has 3 heteroatoms. The maximum absolute atomic E-state index is 13.5. The standard InChI is InChI=1S/C13H15ClFN/c14-12-7-4-8-13(15)11(12)9-16-10-5-2-1-3-6-10/h1-2,4,7-8,10,16H,3,5-6,9H2. The van der Waals surface area contributed by atoms with Crippen LogP contribution in [-0.2, 0) is 6.54 Å². The van der Waals surface area contributed by atoms with Gasteiger partial charge in [0.15, 0.2) is 0 Å². The second-order valence-electron chi connectivity index (χ2n) is 4.06. The Hall–Kier alpha value is -0.860. The van der Waals surface area contributed by atoms with Gasteiger partial charge in [-0.1, -0.05) is 29.8 Å². The van der Waals surface area contributed by atoms with Gasteiger partial charge in [-0.05, 0) is 31.4 Å². The van der Waals surface area contributed by atoms with Crippen molar-refractivity contribution in [2.45, 2.75) is 31.8 Å². The first-order chi connectivity index (χ1) is 7.77. The van der Waals surface area contributed by atoms with Gasteiger partial charge in [0.2, 0.25) is 0 Å². The number of rotatable bonds is 3. The van der Waals surface area contributed by atoms with Crippen LogP contribution in [0, 0.1) is 5.82 Å². The fourth-order valence-electron chi connectivity index (χ4n) is 1.93. The first-order valence-electron chi connectivity index (χ1n) is 5.58. The minimum Gasteiger partial charge on any atom is -0.309 e. The van der Waals surface area contributed by atoms with E-state index in [1.807, 2.05) is 0 Å². The van der Waals surface area contributed by atoms with Gasteiger partial charge < -0.3 is 5.32 Å². The molecule has 1 N–H and O–H groups in total. The number of allylic oxidation sites excluding steroid dienone is 1. The van der Waals surface area contributed by atoms with Gasteiger partial charge in [-0.2, -0.15) is 0 Å². The third-order valence-corrected chi connectivity index (χ3v) is 3.25. The Balaban J connectivity index is 1.96. The molecule has 16 heavy (non-hydrogen) atoms. The second-order valence-corrected chi connectivity index (χ2v) is 4.47. The molecule has 1 aromatic rings. The van der Waals surface area contributed by atoms with Crippen LogP contribution in [0.3, 0.4) is 0 Å². The van der Waals surface area contributed by atoms with E-state index in [0.29, 0.717) is 23.2 Å². The number of hydrogen-bond acceptors (Lipinski definition) is 1. The molecule has 0 spiro atoms. The summed E-state index contributed by atoms with van der Waals surface area (Å²) >= 11 is 5.95. The third-order valence-electron chi connectivity index (χ3n) is 2.90. The smallest absolute Gasteiger partial charge is 0.129 e. The molecule has 0 aliphatic heterocycles. The Morgan fingerprint density at radius 3 is 2.94 bits per heavy atom. The molecule has 0 bridgehead atoms. The van der Waals surface area contributed by atoms with Gasteiger partial charge in [-0.25, -0.2) is 4.39 Å². The lowest BCUT2D eigenvalue weighted by Crippen LogP contribution is -2.29. The lowest BCUT2D eigenvalue weighted by molar-refractivity contribution is 0.466. The van der Waals surface area contributed by atoms with Crippen molar-refractivity contribution >= 4 is 11.6 Å². The third kappa shape index (κ3) is 2.83. The fourth-order valence-corrected chi connectivity index (χ4v) is 2.16. The first kappa shape index (κ1) is 11.6. The van der Waals surface area contributed by atoms with Gasteiger partial charge in [0.1, 0.15) is 5.82 Å². The van der Waals surface area contributed by atoms with E-state index in [0.717, 1.165) is 19.3 Å². The van der Waals surface area contributed by atoms with Crippen molar-refractivity contribution in [2.75, 3.05) is 0 Å². The van der Waals surface area contributed by atoms with Crippen molar-refractivity contribution in [3.8, 4) is 0 Å². The minimum atomic E-state index is -0.230. The molecular formula is C13H15ClFN. The van der Waals surface area contributed by atoms with Crippen LogP contribution in [-0.4, -0.2) is 6.04 Å². The van der Waals surface area contributed by atoms with Crippen LogP contribution in [0.2, 0.25) is 5.02 Å². The molecule has 0 aromatic heterocycles. The molecule has 0 saturated heterocycles. The van der Waals surface area contributed by atoms with E-state index in [1.165, 1.54) is 6.07 Å². The van der Waals surface area contributed by atoms with Crippen LogP contribution in [0.5, 0.6) is 0 Å². The highest BCUT2D eigenvalue weighted by Gasteiger charge is 2.11. The van der Waals surface area contributed by atoms with Crippen molar-refractivity contribution in [3.63, 3.8) is 0 Å². The molecule has 1 nitrogen and oxygen atoms in total. The van der Waals surface area contributed by atoms with Crippen LogP contribution >= 0.6 is 11.6 Å². The van der Waals surface area contributed by atoms with Crippen molar-refractivity contribution in [2.24, 2.45) is 0 Å². The maximum Gasteiger partial charge on any atom is 0.129 e. The lowest BCUT2D eigenvalue weighted by atomic mass is 10.0. The molecular weight excluding hydrogens is 225 g/mol. The molecule has 86 valence electrons. The lowest BCUT2D eigenvalue weighted by Gasteiger charge is -2.19. The summed E-state index contributed by atoms with van der Waals surface area (Å²) < 4.78 is 13.5. The molecule has 0 radical (unpaired) electrons. The SMILES string of the molecule is Fc1cccc(Cl)c1CNC1CC=CCC1. The minimum absolute atomic E-state index is 0.230. The van der Waals surface area contributed by atoms with Crippen LogP contribution in [0.4, 0.5) is 4.39 Å². The van der Waals surface area contributed by atoms with Gasteiger partial charge >= 0.3 is 0 Å². The summed E-state index contributed by atoms with van der Waals surface area (Å²) in [6.07, 6.45) is 7.59. The van der Waals surface area contributed by atoms with E-state index >= 15 is 0 Å². The van der Waals surface area contributed by atoms with Gasteiger partial charge in [0.05, 0.1) is 0 Å². The number of hydrogen-bond donors (Lipinski definition) is 1. The number of nitrogens with one attached hydrogen (secondary N) is 1. The van der Waals surface area contributed by atoms with Crippen LogP contribution in [0.25, 0.3) is 0 Å². The highest BCUT2D eigenvalue weighted by Crippen LogP contribution is 2.19. The van der Waals surface area contributed by atoms with Gasteiger partial charge in [0, 0.05) is 23.2 Å². The highest BCUT2D eigenvalue weighted by molar-refractivity contribution is 6.31. The molecule has 1 aliphatic carbocycles. The van der Waals surface area contributed by atoms with Gasteiger partial charge in [-0.15, -0.1) is 0 Å². The average molecular weight is 240 g/mol. The Morgan fingerprint density at radius 2 is 2.25 bits per heavy atom. The maximum atomic E-state index is 13.5. The zero-order valence-corrected chi connectivity index (χ0v) is 9.80. The molecule has 0 heterocycles. The predicted octanol–water partition coefficient (Wildman–Crippen LogP) is 3.68. The Bertz CT molecular complexity index is 369. The van der Waals surface area contributed by atoms with Crippen molar-refractivity contribution in [3.05, 3.63) is 46.8 Å². The normalized spacial score (nSPS) is 20.0. The van der Waals surface area contributed by atoms with Crippen molar-refractivity contribution in [1.82, 2.24) is 5.32 Å². The molecule has 1 aromatic carbocycles. The summed E-state index contributed by atoms with van der Waals surface area (Å²) in [5.74, 6) is -0.230. The fraction of sp³-hybridized carbons (Fsp3) is 0.385. The number of halogens is 2. The molecule has 1 atom stereocenters. The second kappa shape index (κ2) is 5.46. The Morgan fingerprint density at radius 1 is 1.38 bits per heavy atom. The molecule has 0 amide bonds. The topological polar surface area (TPSA) is 12.0 Å². The molecule has 0 fully saturated rings. The van der Waals surface area contributed by atoms with E-state index in [9.17, 15) is 4.39 Å². The summed E-state index contributed by atoms with van der Waals surface area (Å²) in [6.45, 7) is 0.504. The first-order valence-corrected chi connectivity index (χ1v) is 5.96. The molecule has 1 aliphatic rings. The average Bonchev–Trinajstić information content (AvgIpc) is 2.30. The van der Waals surface area contributed by atoms with E-state index in [1.54, 1.807) is 12.1 Å². The summed E-state index contributed by atoms with van der Waals surface area (Å²) in [4.78, 5) is 0. The summed E-state index contributed by atoms with van der Waals surface area (Å²) in [6, 6.07) is 5.25. The van der Waals surface area contributed by atoms with E-state index < -0.39 is 0 Å². The van der Waals surface area contributed by atoms with E-state index in [2.05, 4.69) is 17.5 Å². The monoisotopic (exact) mass is 239 g/mol. The largest absolute Gasteiger partial charge is 0.309 e. The zero-order valence-electron chi connectivity index (χ0n) is 9.05. The van der Waals surface area contributed by atoms with Gasteiger partial charge in [0.25, 0.3) is 0 Å². The number of benzene rings is 1. The predicted molar refractivity (Wildman–Crippen MR) is 65.0 cm³/mol. The van der Waals surface area contributed by atoms with Crippen molar-refractivity contribution in [1.29, 1.82) is 0 Å². The quantitative estimate of drug-likeness (QED) is 0.794. The Labute approximate surface area is 100 Å². The summed E-state index contributed by atoms with van der Waals surface area (Å²) in [5, 5.41) is 3.84. The van der Waals surface area contributed by atoms with Gasteiger partial charge in [-0.3, -0.25) is 0 Å². The molecule has 0 saturated carbocycles. The van der Waals surface area contributed by atoms with E-state index in [4.69, 9.17) is 11.6 Å². The van der Waals surface area contributed by atoms with Crippen LogP contribution in [0.15, 0.2) is 30.4 Å². The zero-order chi connectivity index (χ0) is 11.4.